The van der Waals surface area contributed by atoms with Crippen LogP contribution in [0.1, 0.15) is 31.9 Å². The second kappa shape index (κ2) is 7.49. The molecule has 1 aliphatic heterocycles. The highest BCUT2D eigenvalue weighted by molar-refractivity contribution is 5.04. The largest absolute Gasteiger partial charge is 0.381 e. The van der Waals surface area contributed by atoms with Crippen molar-refractivity contribution in [3.8, 4) is 0 Å². The molecule has 0 aliphatic carbocycles. The van der Waals surface area contributed by atoms with E-state index >= 15 is 0 Å². The molecule has 2 atom stereocenters. The molecular weight excluding hydrogens is 224 g/mol. The Bertz CT molecular complexity index is 323. The number of aromatic nitrogens is 1. The molecule has 0 amide bonds. The van der Waals surface area contributed by atoms with Crippen LogP contribution in [0.4, 0.5) is 0 Å². The summed E-state index contributed by atoms with van der Waals surface area (Å²) in [6.45, 7) is 5.17. The molecule has 2 heterocycles. The zero-order valence-electron chi connectivity index (χ0n) is 11.3. The van der Waals surface area contributed by atoms with E-state index in [1.165, 1.54) is 18.5 Å². The van der Waals surface area contributed by atoms with Crippen LogP contribution in [-0.4, -0.2) is 30.8 Å². The Labute approximate surface area is 110 Å². The van der Waals surface area contributed by atoms with Gasteiger partial charge in [-0.3, -0.25) is 4.98 Å². The predicted molar refractivity (Wildman–Crippen MR) is 73.6 cm³/mol. The van der Waals surface area contributed by atoms with Crippen molar-refractivity contribution in [1.82, 2.24) is 10.3 Å². The van der Waals surface area contributed by atoms with Crippen molar-refractivity contribution in [1.29, 1.82) is 0 Å². The van der Waals surface area contributed by atoms with Crippen LogP contribution in [0.5, 0.6) is 0 Å². The van der Waals surface area contributed by atoms with Crippen LogP contribution in [0.15, 0.2) is 24.4 Å². The highest BCUT2D eigenvalue weighted by Crippen LogP contribution is 2.20. The topological polar surface area (TPSA) is 34.2 Å². The maximum absolute atomic E-state index is 5.51. The van der Waals surface area contributed by atoms with Crippen LogP contribution in [-0.2, 0) is 11.2 Å². The Morgan fingerprint density at radius 1 is 1.50 bits per heavy atom. The molecule has 100 valence electrons. The van der Waals surface area contributed by atoms with Gasteiger partial charge in [-0.25, -0.2) is 0 Å². The SMILES string of the molecule is CCCNC(CCc1ccccn1)C1CCOC1. The minimum atomic E-state index is 0.578. The first-order valence-corrected chi connectivity index (χ1v) is 7.11. The Morgan fingerprint density at radius 3 is 3.11 bits per heavy atom. The van der Waals surface area contributed by atoms with E-state index < -0.39 is 0 Å². The lowest BCUT2D eigenvalue weighted by molar-refractivity contribution is 0.175. The van der Waals surface area contributed by atoms with E-state index in [1.807, 2.05) is 12.3 Å². The van der Waals surface area contributed by atoms with E-state index in [2.05, 4.69) is 29.4 Å². The molecule has 0 aromatic carbocycles. The monoisotopic (exact) mass is 248 g/mol. The Balaban J connectivity index is 1.84. The first-order chi connectivity index (χ1) is 8.90. The number of hydrogen-bond donors (Lipinski definition) is 1. The first-order valence-electron chi connectivity index (χ1n) is 7.11. The number of nitrogens with zero attached hydrogens (tertiary/aromatic N) is 1. The first kappa shape index (κ1) is 13.5. The van der Waals surface area contributed by atoms with Crippen molar-refractivity contribution in [2.45, 2.75) is 38.6 Å². The number of rotatable bonds is 7. The van der Waals surface area contributed by atoms with Crippen molar-refractivity contribution in [2.24, 2.45) is 5.92 Å². The highest BCUT2D eigenvalue weighted by atomic mass is 16.5. The standard InChI is InChI=1S/C15H24N2O/c1-2-9-17-15(13-8-11-18-12-13)7-6-14-5-3-4-10-16-14/h3-5,10,13,15,17H,2,6-9,11-12H2,1H3. The van der Waals surface area contributed by atoms with Gasteiger partial charge in [0, 0.05) is 24.5 Å². The molecule has 3 heteroatoms. The van der Waals surface area contributed by atoms with Gasteiger partial charge in [-0.05, 0) is 50.3 Å². The molecule has 18 heavy (non-hydrogen) atoms. The lowest BCUT2D eigenvalue weighted by atomic mass is 9.94. The number of ether oxygens (including phenoxy) is 1. The molecule has 0 bridgehead atoms. The molecule has 0 spiro atoms. The van der Waals surface area contributed by atoms with Gasteiger partial charge in [0.2, 0.25) is 0 Å². The van der Waals surface area contributed by atoms with Crippen LogP contribution >= 0.6 is 0 Å². The number of nitrogens with one attached hydrogen (secondary N) is 1. The van der Waals surface area contributed by atoms with Crippen molar-refractivity contribution < 1.29 is 4.74 Å². The minimum absolute atomic E-state index is 0.578. The summed E-state index contributed by atoms with van der Waals surface area (Å²) in [4.78, 5) is 4.40. The molecule has 0 saturated carbocycles. The van der Waals surface area contributed by atoms with E-state index in [0.717, 1.165) is 32.6 Å². The molecule has 0 radical (unpaired) electrons. The van der Waals surface area contributed by atoms with Crippen LogP contribution in [0.25, 0.3) is 0 Å². The minimum Gasteiger partial charge on any atom is -0.381 e. The van der Waals surface area contributed by atoms with Gasteiger partial charge in [0.1, 0.15) is 0 Å². The molecule has 2 rings (SSSR count). The smallest absolute Gasteiger partial charge is 0.0510 e. The summed E-state index contributed by atoms with van der Waals surface area (Å²) in [5.74, 6) is 0.681. The average molecular weight is 248 g/mol. The third kappa shape index (κ3) is 4.07. The van der Waals surface area contributed by atoms with Gasteiger partial charge >= 0.3 is 0 Å². The van der Waals surface area contributed by atoms with E-state index in [0.29, 0.717) is 12.0 Å². The summed E-state index contributed by atoms with van der Waals surface area (Å²) in [6.07, 6.45) is 6.48. The third-order valence-corrected chi connectivity index (χ3v) is 3.63. The zero-order chi connectivity index (χ0) is 12.6. The Morgan fingerprint density at radius 2 is 2.44 bits per heavy atom. The predicted octanol–water partition coefficient (Wildman–Crippen LogP) is 2.42. The fraction of sp³-hybridized carbons (Fsp3) is 0.667. The normalized spacial score (nSPS) is 21.1. The highest BCUT2D eigenvalue weighted by Gasteiger charge is 2.24. The summed E-state index contributed by atoms with van der Waals surface area (Å²) in [5, 5.41) is 3.67. The van der Waals surface area contributed by atoms with E-state index in [-0.39, 0.29) is 0 Å². The second-order valence-corrected chi connectivity index (χ2v) is 5.04. The third-order valence-electron chi connectivity index (χ3n) is 3.63. The van der Waals surface area contributed by atoms with Gasteiger partial charge in [-0.15, -0.1) is 0 Å². The Kier molecular flexibility index (Phi) is 5.62. The van der Waals surface area contributed by atoms with Gasteiger partial charge in [-0.1, -0.05) is 13.0 Å². The molecule has 1 aliphatic rings. The molecule has 1 aromatic heterocycles. The Hall–Kier alpha value is -0.930. The summed E-state index contributed by atoms with van der Waals surface area (Å²) >= 11 is 0. The molecule has 1 aromatic rings. The number of pyridine rings is 1. The van der Waals surface area contributed by atoms with Crippen molar-refractivity contribution >= 4 is 0 Å². The fourth-order valence-corrected chi connectivity index (χ4v) is 2.55. The molecule has 1 N–H and O–H groups in total. The van der Waals surface area contributed by atoms with Crippen molar-refractivity contribution in [3.05, 3.63) is 30.1 Å². The van der Waals surface area contributed by atoms with E-state index in [1.54, 1.807) is 0 Å². The van der Waals surface area contributed by atoms with Crippen LogP contribution in [0, 0.1) is 5.92 Å². The van der Waals surface area contributed by atoms with Gasteiger partial charge < -0.3 is 10.1 Å². The van der Waals surface area contributed by atoms with Gasteiger partial charge in [0.25, 0.3) is 0 Å². The second-order valence-electron chi connectivity index (χ2n) is 5.04. The lowest BCUT2D eigenvalue weighted by Gasteiger charge is -2.23. The maximum Gasteiger partial charge on any atom is 0.0510 e. The summed E-state index contributed by atoms with van der Waals surface area (Å²) in [5.41, 5.74) is 1.19. The quantitative estimate of drug-likeness (QED) is 0.804. The van der Waals surface area contributed by atoms with E-state index in [9.17, 15) is 0 Å². The lowest BCUT2D eigenvalue weighted by Crippen LogP contribution is -2.37. The summed E-state index contributed by atoms with van der Waals surface area (Å²) in [7, 11) is 0. The van der Waals surface area contributed by atoms with Crippen LogP contribution in [0.3, 0.4) is 0 Å². The van der Waals surface area contributed by atoms with Gasteiger partial charge in [0.15, 0.2) is 0 Å². The van der Waals surface area contributed by atoms with Crippen molar-refractivity contribution in [3.63, 3.8) is 0 Å². The number of aryl methyl sites for hydroxylation is 1. The molecule has 1 saturated heterocycles. The molecule has 1 fully saturated rings. The summed E-state index contributed by atoms with van der Waals surface area (Å²) in [6, 6.07) is 6.73. The zero-order valence-corrected chi connectivity index (χ0v) is 11.3. The van der Waals surface area contributed by atoms with Gasteiger partial charge in [0.05, 0.1) is 6.61 Å². The fourth-order valence-electron chi connectivity index (χ4n) is 2.55. The van der Waals surface area contributed by atoms with Gasteiger partial charge in [-0.2, -0.15) is 0 Å². The molecular formula is C15H24N2O. The van der Waals surface area contributed by atoms with Crippen molar-refractivity contribution in [2.75, 3.05) is 19.8 Å². The maximum atomic E-state index is 5.51. The molecule has 3 nitrogen and oxygen atoms in total. The number of hydrogen-bond acceptors (Lipinski definition) is 3. The van der Waals surface area contributed by atoms with E-state index in [4.69, 9.17) is 4.74 Å². The molecule has 2 unspecified atom stereocenters. The van der Waals surface area contributed by atoms with Crippen LogP contribution < -0.4 is 5.32 Å². The summed E-state index contributed by atoms with van der Waals surface area (Å²) < 4.78 is 5.51. The average Bonchev–Trinajstić information content (AvgIpc) is 2.94. The van der Waals surface area contributed by atoms with Crippen LogP contribution in [0.2, 0.25) is 0 Å².